The van der Waals surface area contributed by atoms with Crippen molar-refractivity contribution in [2.24, 2.45) is 11.7 Å². The van der Waals surface area contributed by atoms with Crippen molar-refractivity contribution < 1.29 is 9.53 Å². The number of hydrogen-bond donors (Lipinski definition) is 2. The van der Waals surface area contributed by atoms with Crippen molar-refractivity contribution in [3.63, 3.8) is 0 Å². The molecule has 0 bridgehead atoms. The second-order valence-electron chi connectivity index (χ2n) is 4.98. The highest BCUT2D eigenvalue weighted by Gasteiger charge is 2.17. The molecule has 0 spiro atoms. The van der Waals surface area contributed by atoms with Gasteiger partial charge in [0.2, 0.25) is 5.91 Å². The van der Waals surface area contributed by atoms with Crippen molar-refractivity contribution in [2.75, 3.05) is 5.32 Å². The van der Waals surface area contributed by atoms with E-state index in [-0.39, 0.29) is 24.0 Å². The van der Waals surface area contributed by atoms with Gasteiger partial charge in [0.25, 0.3) is 0 Å². The van der Waals surface area contributed by atoms with Crippen molar-refractivity contribution in [3.8, 4) is 5.75 Å². The third-order valence-corrected chi connectivity index (χ3v) is 3.17. The van der Waals surface area contributed by atoms with E-state index >= 15 is 0 Å². The molecule has 5 heteroatoms. The summed E-state index contributed by atoms with van der Waals surface area (Å²) in [4.78, 5) is 12.0. The fourth-order valence-corrected chi connectivity index (χ4v) is 1.94. The monoisotopic (exact) mass is 328 g/mol. The Kier molecular flexibility index (Phi) is 5.82. The van der Waals surface area contributed by atoms with Gasteiger partial charge in [-0.2, -0.15) is 0 Å². The summed E-state index contributed by atoms with van der Waals surface area (Å²) in [5, 5.41) is 2.85. The van der Waals surface area contributed by atoms with E-state index in [1.807, 2.05) is 39.8 Å². The molecule has 19 heavy (non-hydrogen) atoms. The van der Waals surface area contributed by atoms with Gasteiger partial charge in [-0.15, -0.1) is 0 Å². The first-order chi connectivity index (χ1) is 8.79. The molecule has 0 aliphatic rings. The first kappa shape index (κ1) is 16.0. The van der Waals surface area contributed by atoms with Gasteiger partial charge in [-0.3, -0.25) is 4.79 Å². The van der Waals surface area contributed by atoms with Crippen LogP contribution in [0.25, 0.3) is 0 Å². The third kappa shape index (κ3) is 5.20. The number of rotatable bonds is 5. The first-order valence-corrected chi connectivity index (χ1v) is 7.12. The number of ether oxygens (including phenoxy) is 1. The van der Waals surface area contributed by atoms with Gasteiger partial charge >= 0.3 is 0 Å². The maximum atomic E-state index is 12.0. The number of nitrogens with one attached hydrogen (secondary N) is 1. The Bertz CT molecular complexity index is 447. The highest BCUT2D eigenvalue weighted by atomic mass is 79.9. The van der Waals surface area contributed by atoms with Crippen molar-refractivity contribution >= 4 is 27.5 Å². The molecule has 0 radical (unpaired) electrons. The van der Waals surface area contributed by atoms with Gasteiger partial charge in [-0.1, -0.05) is 22.9 Å². The minimum absolute atomic E-state index is 0.0841. The topological polar surface area (TPSA) is 64.3 Å². The minimum Gasteiger partial charge on any atom is -0.491 e. The zero-order valence-electron chi connectivity index (χ0n) is 11.7. The number of carbonyl (C=O) groups is 1. The smallest absolute Gasteiger partial charge is 0.228 e. The highest BCUT2D eigenvalue weighted by Crippen LogP contribution is 2.26. The van der Waals surface area contributed by atoms with Crippen molar-refractivity contribution in [2.45, 2.75) is 39.8 Å². The van der Waals surface area contributed by atoms with Crippen LogP contribution in [0, 0.1) is 5.92 Å². The highest BCUT2D eigenvalue weighted by molar-refractivity contribution is 9.10. The van der Waals surface area contributed by atoms with Crippen LogP contribution >= 0.6 is 15.9 Å². The van der Waals surface area contributed by atoms with Crippen molar-refractivity contribution in [1.82, 2.24) is 0 Å². The predicted octanol–water partition coefficient (Wildman–Crippen LogP) is 3.16. The molecule has 0 saturated heterocycles. The maximum Gasteiger partial charge on any atom is 0.228 e. The Morgan fingerprint density at radius 1 is 1.26 bits per heavy atom. The lowest BCUT2D eigenvalue weighted by molar-refractivity contribution is -0.119. The normalized spacial score (nSPS) is 14.1. The van der Waals surface area contributed by atoms with Gasteiger partial charge in [-0.25, -0.2) is 0 Å². The summed E-state index contributed by atoms with van der Waals surface area (Å²) >= 11 is 3.40. The molecule has 0 fully saturated rings. The molecular formula is C14H21BrN2O2. The Morgan fingerprint density at radius 2 is 1.89 bits per heavy atom. The molecule has 106 valence electrons. The Labute approximate surface area is 122 Å². The van der Waals surface area contributed by atoms with Gasteiger partial charge in [0.05, 0.1) is 12.0 Å². The molecule has 0 aliphatic heterocycles. The second kappa shape index (κ2) is 6.91. The predicted molar refractivity (Wildman–Crippen MR) is 81.3 cm³/mol. The maximum absolute atomic E-state index is 12.0. The molecule has 0 aromatic heterocycles. The SMILES string of the molecule is CC(C)Oc1cc(Br)cc(NC(=O)C(C)C(C)N)c1. The summed E-state index contributed by atoms with van der Waals surface area (Å²) in [6, 6.07) is 5.32. The lowest BCUT2D eigenvalue weighted by Crippen LogP contribution is -2.34. The molecular weight excluding hydrogens is 308 g/mol. The van der Waals surface area contributed by atoms with Crippen LogP contribution in [-0.2, 0) is 4.79 Å². The van der Waals surface area contributed by atoms with Gasteiger partial charge in [-0.05, 0) is 32.9 Å². The molecule has 0 aliphatic carbocycles. The summed E-state index contributed by atoms with van der Waals surface area (Å²) in [5.74, 6) is 0.380. The van der Waals surface area contributed by atoms with Crippen LogP contribution in [0.4, 0.5) is 5.69 Å². The average Bonchev–Trinajstić information content (AvgIpc) is 2.25. The van der Waals surface area contributed by atoms with Crippen LogP contribution in [-0.4, -0.2) is 18.1 Å². The largest absolute Gasteiger partial charge is 0.491 e. The molecule has 4 nitrogen and oxygen atoms in total. The number of hydrogen-bond acceptors (Lipinski definition) is 3. The number of nitrogens with two attached hydrogens (primary N) is 1. The quantitative estimate of drug-likeness (QED) is 0.872. The number of halogens is 1. The van der Waals surface area contributed by atoms with Gasteiger partial charge < -0.3 is 15.8 Å². The summed E-state index contributed by atoms with van der Waals surface area (Å²) in [6.45, 7) is 7.54. The zero-order chi connectivity index (χ0) is 14.6. The van der Waals surface area contributed by atoms with Gasteiger partial charge in [0.1, 0.15) is 5.75 Å². The molecule has 2 atom stereocenters. The summed E-state index contributed by atoms with van der Waals surface area (Å²) in [5.41, 5.74) is 6.42. The molecule has 1 aromatic rings. The fraction of sp³-hybridized carbons (Fsp3) is 0.500. The third-order valence-electron chi connectivity index (χ3n) is 2.71. The van der Waals surface area contributed by atoms with E-state index in [1.165, 1.54) is 0 Å². The number of benzene rings is 1. The van der Waals surface area contributed by atoms with Crippen LogP contribution in [0.15, 0.2) is 22.7 Å². The molecule has 3 N–H and O–H groups in total. The van der Waals surface area contributed by atoms with E-state index in [0.29, 0.717) is 11.4 Å². The van der Waals surface area contributed by atoms with E-state index in [0.717, 1.165) is 4.47 Å². The fourth-order valence-electron chi connectivity index (χ4n) is 1.47. The number of anilines is 1. The lowest BCUT2D eigenvalue weighted by atomic mass is 10.0. The van der Waals surface area contributed by atoms with Crippen LogP contribution in [0.2, 0.25) is 0 Å². The van der Waals surface area contributed by atoms with Crippen LogP contribution in [0.1, 0.15) is 27.7 Å². The summed E-state index contributed by atoms with van der Waals surface area (Å²) < 4.78 is 6.48. The van der Waals surface area contributed by atoms with Crippen LogP contribution < -0.4 is 15.8 Å². The number of amides is 1. The van der Waals surface area contributed by atoms with Crippen LogP contribution in [0.5, 0.6) is 5.75 Å². The van der Waals surface area contributed by atoms with E-state index in [1.54, 1.807) is 6.07 Å². The van der Waals surface area contributed by atoms with Gasteiger partial charge in [0.15, 0.2) is 0 Å². The first-order valence-electron chi connectivity index (χ1n) is 6.33. The van der Waals surface area contributed by atoms with Crippen LogP contribution in [0.3, 0.4) is 0 Å². The molecule has 2 unspecified atom stereocenters. The van der Waals surface area contributed by atoms with Crippen molar-refractivity contribution in [3.05, 3.63) is 22.7 Å². The summed E-state index contributed by atoms with van der Waals surface area (Å²) in [7, 11) is 0. The Hall–Kier alpha value is -1.07. The second-order valence-corrected chi connectivity index (χ2v) is 5.89. The lowest BCUT2D eigenvalue weighted by Gasteiger charge is -2.16. The molecule has 1 amide bonds. The zero-order valence-corrected chi connectivity index (χ0v) is 13.3. The van der Waals surface area contributed by atoms with E-state index in [4.69, 9.17) is 10.5 Å². The summed E-state index contributed by atoms with van der Waals surface area (Å²) in [6.07, 6.45) is 0.0841. The molecule has 1 aromatic carbocycles. The number of carbonyl (C=O) groups excluding carboxylic acids is 1. The Balaban J connectivity index is 2.83. The molecule has 0 saturated carbocycles. The van der Waals surface area contributed by atoms with E-state index in [2.05, 4.69) is 21.2 Å². The minimum atomic E-state index is -0.242. The van der Waals surface area contributed by atoms with Crippen molar-refractivity contribution in [1.29, 1.82) is 0 Å². The molecule has 1 rings (SSSR count). The molecule has 0 heterocycles. The standard InChI is InChI=1S/C14H21BrN2O2/c1-8(2)19-13-6-11(15)5-12(7-13)17-14(18)9(3)10(4)16/h5-10H,16H2,1-4H3,(H,17,18). The average molecular weight is 329 g/mol. The van der Waals surface area contributed by atoms with E-state index < -0.39 is 0 Å². The Morgan fingerprint density at radius 3 is 2.42 bits per heavy atom. The van der Waals surface area contributed by atoms with E-state index in [9.17, 15) is 4.79 Å². The van der Waals surface area contributed by atoms with Gasteiger partial charge in [0, 0.05) is 22.3 Å².